The minimum absolute atomic E-state index is 0.171. The van der Waals surface area contributed by atoms with Gasteiger partial charge in [-0.2, -0.15) is 0 Å². The Morgan fingerprint density at radius 2 is 2.26 bits per heavy atom. The summed E-state index contributed by atoms with van der Waals surface area (Å²) >= 11 is 6.09. The van der Waals surface area contributed by atoms with E-state index < -0.39 is 0 Å². The Bertz CT molecular complexity index is 595. The van der Waals surface area contributed by atoms with Crippen molar-refractivity contribution >= 4 is 29.4 Å². The second kappa shape index (κ2) is 7.59. The van der Waals surface area contributed by atoms with Gasteiger partial charge in [-0.25, -0.2) is 9.97 Å². The molecule has 126 valence electrons. The summed E-state index contributed by atoms with van der Waals surface area (Å²) in [6.45, 7) is 3.70. The van der Waals surface area contributed by atoms with Crippen molar-refractivity contribution in [2.75, 3.05) is 31.6 Å². The summed E-state index contributed by atoms with van der Waals surface area (Å²) in [5.74, 6) is -0.497. The third-order valence-electron chi connectivity index (χ3n) is 4.00. The molecule has 1 aliphatic rings. The number of carbonyl (C=O) groups is 2. The molecule has 1 aromatic rings. The molecule has 2 heterocycles. The predicted octanol–water partition coefficient (Wildman–Crippen LogP) is 1.31. The molecule has 2 amide bonds. The molecule has 1 aliphatic heterocycles. The normalized spacial score (nSPS) is 17.3. The number of unbranched alkanes of at least 4 members (excludes halogenated alkanes) is 1. The number of hydrogen-bond acceptors (Lipinski definition) is 5. The molecule has 0 aromatic carbocycles. The van der Waals surface area contributed by atoms with Crippen LogP contribution in [0.1, 0.15) is 36.7 Å². The van der Waals surface area contributed by atoms with Crippen LogP contribution in [-0.2, 0) is 4.79 Å². The SMILES string of the molecule is CCCCN(C)c1ncc(Cl)c(C(=O)N2CCC(C(N)=O)C2)n1. The highest BCUT2D eigenvalue weighted by atomic mass is 35.5. The number of anilines is 1. The van der Waals surface area contributed by atoms with Gasteiger partial charge in [0.1, 0.15) is 0 Å². The van der Waals surface area contributed by atoms with Crippen molar-refractivity contribution in [2.45, 2.75) is 26.2 Å². The molecule has 1 atom stereocenters. The fourth-order valence-electron chi connectivity index (χ4n) is 2.51. The van der Waals surface area contributed by atoms with Crippen molar-refractivity contribution < 1.29 is 9.59 Å². The Balaban J connectivity index is 2.15. The van der Waals surface area contributed by atoms with Gasteiger partial charge in [-0.3, -0.25) is 9.59 Å². The average molecular weight is 340 g/mol. The van der Waals surface area contributed by atoms with E-state index in [1.54, 1.807) is 4.90 Å². The maximum atomic E-state index is 12.6. The van der Waals surface area contributed by atoms with E-state index in [2.05, 4.69) is 16.9 Å². The number of halogens is 1. The van der Waals surface area contributed by atoms with E-state index in [0.717, 1.165) is 19.4 Å². The first kappa shape index (κ1) is 17.5. The van der Waals surface area contributed by atoms with Gasteiger partial charge in [0.25, 0.3) is 5.91 Å². The molecule has 7 nitrogen and oxygen atoms in total. The lowest BCUT2D eigenvalue weighted by atomic mass is 10.1. The molecule has 23 heavy (non-hydrogen) atoms. The van der Waals surface area contributed by atoms with Crippen LogP contribution in [0.15, 0.2) is 6.20 Å². The Hall–Kier alpha value is -1.89. The summed E-state index contributed by atoms with van der Waals surface area (Å²) in [7, 11) is 1.88. The lowest BCUT2D eigenvalue weighted by Gasteiger charge is -2.19. The molecule has 0 aliphatic carbocycles. The van der Waals surface area contributed by atoms with Crippen LogP contribution in [0.4, 0.5) is 5.95 Å². The molecule has 1 unspecified atom stereocenters. The highest BCUT2D eigenvalue weighted by molar-refractivity contribution is 6.33. The summed E-state index contributed by atoms with van der Waals surface area (Å²) in [6, 6.07) is 0. The second-order valence-corrected chi connectivity index (χ2v) is 6.19. The van der Waals surface area contributed by atoms with Crippen molar-refractivity contribution in [1.82, 2.24) is 14.9 Å². The highest BCUT2D eigenvalue weighted by Crippen LogP contribution is 2.22. The Labute approximate surface area is 140 Å². The van der Waals surface area contributed by atoms with Gasteiger partial charge in [-0.05, 0) is 12.8 Å². The predicted molar refractivity (Wildman–Crippen MR) is 88.4 cm³/mol. The minimum Gasteiger partial charge on any atom is -0.369 e. The van der Waals surface area contributed by atoms with Gasteiger partial charge in [0.2, 0.25) is 11.9 Å². The molecule has 1 aromatic heterocycles. The average Bonchev–Trinajstić information content (AvgIpc) is 3.02. The number of primary amides is 1. The zero-order chi connectivity index (χ0) is 17.0. The Morgan fingerprint density at radius 3 is 2.87 bits per heavy atom. The van der Waals surface area contributed by atoms with Crippen LogP contribution in [0.2, 0.25) is 5.02 Å². The summed E-state index contributed by atoms with van der Waals surface area (Å²) < 4.78 is 0. The van der Waals surface area contributed by atoms with E-state index in [-0.39, 0.29) is 28.4 Å². The molecule has 2 N–H and O–H groups in total. The monoisotopic (exact) mass is 339 g/mol. The fourth-order valence-corrected chi connectivity index (χ4v) is 2.69. The summed E-state index contributed by atoms with van der Waals surface area (Å²) in [5.41, 5.74) is 5.48. The number of likely N-dealkylation sites (tertiary alicyclic amines) is 1. The van der Waals surface area contributed by atoms with Gasteiger partial charge in [-0.1, -0.05) is 24.9 Å². The summed E-state index contributed by atoms with van der Waals surface area (Å²) in [4.78, 5) is 35.8. The zero-order valence-electron chi connectivity index (χ0n) is 13.5. The molecule has 0 bridgehead atoms. The van der Waals surface area contributed by atoms with E-state index in [1.165, 1.54) is 6.20 Å². The van der Waals surface area contributed by atoms with Crippen LogP contribution in [0.3, 0.4) is 0 Å². The summed E-state index contributed by atoms with van der Waals surface area (Å²) in [5, 5.41) is 0.213. The van der Waals surface area contributed by atoms with Crippen LogP contribution in [0.25, 0.3) is 0 Å². The quantitative estimate of drug-likeness (QED) is 0.843. The smallest absolute Gasteiger partial charge is 0.274 e. The molecular weight excluding hydrogens is 318 g/mol. The molecule has 8 heteroatoms. The van der Waals surface area contributed by atoms with Crippen LogP contribution < -0.4 is 10.6 Å². The third-order valence-corrected chi connectivity index (χ3v) is 4.28. The first-order valence-electron chi connectivity index (χ1n) is 7.76. The largest absolute Gasteiger partial charge is 0.369 e. The number of rotatable bonds is 6. The van der Waals surface area contributed by atoms with E-state index in [4.69, 9.17) is 17.3 Å². The van der Waals surface area contributed by atoms with Gasteiger partial charge < -0.3 is 15.5 Å². The van der Waals surface area contributed by atoms with Crippen molar-refractivity contribution in [3.05, 3.63) is 16.9 Å². The number of nitrogens with two attached hydrogens (primary N) is 1. The van der Waals surface area contributed by atoms with Crippen LogP contribution in [0, 0.1) is 5.92 Å². The van der Waals surface area contributed by atoms with E-state index in [0.29, 0.717) is 25.5 Å². The fraction of sp³-hybridized carbons (Fsp3) is 0.600. The molecule has 2 rings (SSSR count). The zero-order valence-corrected chi connectivity index (χ0v) is 14.2. The van der Waals surface area contributed by atoms with Gasteiger partial charge in [0.15, 0.2) is 5.69 Å². The van der Waals surface area contributed by atoms with Crippen molar-refractivity contribution in [1.29, 1.82) is 0 Å². The maximum absolute atomic E-state index is 12.6. The number of hydrogen-bond donors (Lipinski definition) is 1. The molecule has 0 saturated carbocycles. The Kier molecular flexibility index (Phi) is 5.76. The number of aromatic nitrogens is 2. The van der Waals surface area contributed by atoms with E-state index in [9.17, 15) is 9.59 Å². The standard InChI is InChI=1S/C15H22ClN5O2/c1-3-4-6-20(2)15-18-8-11(16)12(19-15)14(23)21-7-5-10(9-21)13(17)22/h8,10H,3-7,9H2,1-2H3,(H2,17,22). The van der Waals surface area contributed by atoms with Crippen LogP contribution in [0.5, 0.6) is 0 Å². The first-order chi connectivity index (χ1) is 10.9. The van der Waals surface area contributed by atoms with E-state index >= 15 is 0 Å². The molecule has 1 fully saturated rings. The number of carbonyl (C=O) groups excluding carboxylic acids is 2. The summed E-state index contributed by atoms with van der Waals surface area (Å²) in [6.07, 6.45) is 4.10. The lowest BCUT2D eigenvalue weighted by Crippen LogP contribution is -2.33. The Morgan fingerprint density at radius 1 is 1.52 bits per heavy atom. The third kappa shape index (κ3) is 4.10. The first-order valence-corrected chi connectivity index (χ1v) is 8.14. The van der Waals surface area contributed by atoms with Crippen LogP contribution in [-0.4, -0.2) is 53.4 Å². The van der Waals surface area contributed by atoms with Gasteiger partial charge in [0.05, 0.1) is 17.1 Å². The minimum atomic E-state index is -0.380. The maximum Gasteiger partial charge on any atom is 0.274 e. The second-order valence-electron chi connectivity index (χ2n) is 5.78. The van der Waals surface area contributed by atoms with Gasteiger partial charge in [0, 0.05) is 26.7 Å². The molecule has 0 radical (unpaired) electrons. The topological polar surface area (TPSA) is 92.4 Å². The van der Waals surface area contributed by atoms with Crippen molar-refractivity contribution in [2.24, 2.45) is 11.7 Å². The number of amides is 2. The van der Waals surface area contributed by atoms with E-state index in [1.807, 2.05) is 11.9 Å². The molecular formula is C15H22ClN5O2. The molecule has 1 saturated heterocycles. The lowest BCUT2D eigenvalue weighted by molar-refractivity contribution is -0.121. The molecule has 0 spiro atoms. The highest BCUT2D eigenvalue weighted by Gasteiger charge is 2.32. The van der Waals surface area contributed by atoms with Crippen LogP contribution >= 0.6 is 11.6 Å². The van der Waals surface area contributed by atoms with Gasteiger partial charge >= 0.3 is 0 Å². The van der Waals surface area contributed by atoms with Gasteiger partial charge in [-0.15, -0.1) is 0 Å². The van der Waals surface area contributed by atoms with Crippen molar-refractivity contribution in [3.8, 4) is 0 Å². The number of nitrogens with zero attached hydrogens (tertiary/aromatic N) is 4. The van der Waals surface area contributed by atoms with Crippen molar-refractivity contribution in [3.63, 3.8) is 0 Å².